The smallest absolute Gasteiger partial charge is 0.356 e. The van der Waals surface area contributed by atoms with Crippen LogP contribution in [0, 0.1) is 13.8 Å². The maximum absolute atomic E-state index is 13.4. The van der Waals surface area contributed by atoms with Crippen molar-refractivity contribution in [2.24, 2.45) is 7.05 Å². The number of carboxylic acids is 1. The van der Waals surface area contributed by atoms with Crippen molar-refractivity contribution in [1.29, 1.82) is 0 Å². The van der Waals surface area contributed by atoms with Crippen LogP contribution in [-0.4, -0.2) is 30.8 Å². The second-order valence-corrected chi connectivity index (χ2v) is 9.14. The lowest BCUT2D eigenvalue weighted by atomic mass is 9.99. The van der Waals surface area contributed by atoms with Crippen LogP contribution in [0.2, 0.25) is 5.15 Å². The van der Waals surface area contributed by atoms with E-state index in [1.165, 1.54) is 6.07 Å². The summed E-state index contributed by atoms with van der Waals surface area (Å²) in [5, 5.41) is 18.4. The summed E-state index contributed by atoms with van der Waals surface area (Å²) < 4.78 is 8.07. The number of aromatic carboxylic acids is 1. The third kappa shape index (κ3) is 4.07. The quantitative estimate of drug-likeness (QED) is 0.310. The van der Waals surface area contributed by atoms with E-state index in [1.54, 1.807) is 29.9 Å². The lowest BCUT2D eigenvalue weighted by Crippen LogP contribution is -2.14. The minimum Gasteiger partial charge on any atom is -0.476 e. The minimum atomic E-state index is -1.20. The van der Waals surface area contributed by atoms with E-state index < -0.39 is 12.0 Å². The van der Waals surface area contributed by atoms with E-state index in [4.69, 9.17) is 16.0 Å². The Bertz CT molecular complexity index is 1740. The fourth-order valence-electron chi connectivity index (χ4n) is 4.35. The molecular formula is C26H22ClN5O4. The van der Waals surface area contributed by atoms with Crippen LogP contribution < -0.4 is 10.7 Å². The Morgan fingerprint density at radius 3 is 2.75 bits per heavy atom. The van der Waals surface area contributed by atoms with E-state index in [1.807, 2.05) is 39.2 Å². The number of nitrogens with one attached hydrogen (secondary N) is 1. The van der Waals surface area contributed by atoms with Crippen molar-refractivity contribution in [3.05, 3.63) is 80.5 Å². The summed E-state index contributed by atoms with van der Waals surface area (Å²) >= 11 is 5.90. The Labute approximate surface area is 210 Å². The summed E-state index contributed by atoms with van der Waals surface area (Å²) in [6.07, 6.45) is 3.49. The molecule has 9 nitrogen and oxygen atoms in total. The van der Waals surface area contributed by atoms with Crippen molar-refractivity contribution in [1.82, 2.24) is 19.7 Å². The average molecular weight is 504 g/mol. The molecule has 0 saturated heterocycles. The molecule has 5 rings (SSSR count). The predicted molar refractivity (Wildman–Crippen MR) is 138 cm³/mol. The van der Waals surface area contributed by atoms with Crippen LogP contribution in [0.5, 0.6) is 0 Å². The molecule has 1 aromatic carbocycles. The van der Waals surface area contributed by atoms with E-state index in [2.05, 4.69) is 20.4 Å². The molecule has 2 N–H and O–H groups in total. The summed E-state index contributed by atoms with van der Waals surface area (Å²) in [5.74, 6) is -0.786. The van der Waals surface area contributed by atoms with Crippen molar-refractivity contribution < 1.29 is 14.3 Å². The second kappa shape index (κ2) is 8.76. The molecule has 4 heterocycles. The summed E-state index contributed by atoms with van der Waals surface area (Å²) in [4.78, 5) is 33.5. The number of halogens is 1. The first-order chi connectivity index (χ1) is 17.1. The molecule has 5 aromatic rings. The molecule has 0 aliphatic carbocycles. The van der Waals surface area contributed by atoms with Gasteiger partial charge in [-0.25, -0.2) is 14.8 Å². The fourth-order valence-corrected chi connectivity index (χ4v) is 4.49. The highest BCUT2D eigenvalue weighted by Gasteiger charge is 2.21. The highest BCUT2D eigenvalue weighted by Crippen LogP contribution is 2.33. The Kier molecular flexibility index (Phi) is 5.72. The number of carboxylic acid groups (broad SMARTS) is 1. The molecule has 0 fully saturated rings. The number of aryl methyl sites for hydroxylation is 2. The largest absolute Gasteiger partial charge is 0.476 e. The van der Waals surface area contributed by atoms with Crippen LogP contribution in [0.15, 0.2) is 51.9 Å². The first-order valence-corrected chi connectivity index (χ1v) is 11.5. The molecule has 182 valence electrons. The first-order valence-electron chi connectivity index (χ1n) is 11.2. The van der Waals surface area contributed by atoms with Crippen LogP contribution in [0.25, 0.3) is 33.3 Å². The van der Waals surface area contributed by atoms with E-state index in [-0.39, 0.29) is 16.3 Å². The summed E-state index contributed by atoms with van der Waals surface area (Å²) in [7, 11) is 1.82. The van der Waals surface area contributed by atoms with Crippen LogP contribution in [0.4, 0.5) is 5.69 Å². The van der Waals surface area contributed by atoms with Crippen LogP contribution >= 0.6 is 11.6 Å². The average Bonchev–Trinajstić information content (AvgIpc) is 3.21. The number of anilines is 1. The molecule has 4 aromatic heterocycles. The summed E-state index contributed by atoms with van der Waals surface area (Å²) in [5.41, 5.74) is 3.68. The number of pyridine rings is 2. The van der Waals surface area contributed by atoms with Crippen molar-refractivity contribution in [2.45, 2.75) is 26.8 Å². The number of rotatable bonds is 5. The zero-order valence-electron chi connectivity index (χ0n) is 20.0. The maximum Gasteiger partial charge on any atom is 0.356 e. The van der Waals surface area contributed by atoms with Gasteiger partial charge in [-0.3, -0.25) is 9.48 Å². The monoisotopic (exact) mass is 503 g/mol. The van der Waals surface area contributed by atoms with Crippen LogP contribution in [0.1, 0.15) is 40.1 Å². The lowest BCUT2D eigenvalue weighted by molar-refractivity contribution is 0.0691. The third-order valence-electron chi connectivity index (χ3n) is 6.03. The maximum atomic E-state index is 13.4. The third-order valence-corrected chi connectivity index (χ3v) is 6.24. The standard InChI is InChI=1S/C26H22ClN5O4/c1-12-7-17(14(3)29-19-5-6-20(27)30-21(19)26(34)35)24-18(8-12)22(33)13(2)23(36-24)15-9-16-11-32(4)31-25(16)28-10-15/h5-11,14,29H,1-4H3,(H,34,35). The SMILES string of the molecule is Cc1cc(C(C)Nc2ccc(Cl)nc2C(=O)O)c2oc(-c3cnc4nn(C)cc4c3)c(C)c(=O)c2c1. The van der Waals surface area contributed by atoms with Gasteiger partial charge < -0.3 is 14.8 Å². The van der Waals surface area contributed by atoms with Crippen molar-refractivity contribution in [2.75, 3.05) is 5.32 Å². The Morgan fingerprint density at radius 2 is 2.00 bits per heavy atom. The zero-order chi connectivity index (χ0) is 25.7. The molecule has 0 saturated carbocycles. The molecule has 0 aliphatic rings. The number of fused-ring (bicyclic) bond motifs is 2. The number of hydrogen-bond acceptors (Lipinski definition) is 7. The molecule has 0 spiro atoms. The van der Waals surface area contributed by atoms with Gasteiger partial charge in [-0.2, -0.15) is 5.10 Å². The van der Waals surface area contributed by atoms with Crippen molar-refractivity contribution in [3.63, 3.8) is 0 Å². The predicted octanol–water partition coefficient (Wildman–Crippen LogP) is 5.28. The van der Waals surface area contributed by atoms with Gasteiger partial charge in [0.15, 0.2) is 16.8 Å². The van der Waals surface area contributed by atoms with E-state index in [9.17, 15) is 14.7 Å². The molecule has 10 heteroatoms. The Balaban J connectivity index is 1.67. The molecule has 0 radical (unpaired) electrons. The molecular weight excluding hydrogens is 482 g/mol. The van der Waals surface area contributed by atoms with Crippen molar-refractivity contribution >= 4 is 45.3 Å². The van der Waals surface area contributed by atoms with Gasteiger partial charge in [0.1, 0.15) is 16.5 Å². The molecule has 1 atom stereocenters. The molecule has 0 aliphatic heterocycles. The van der Waals surface area contributed by atoms with Gasteiger partial charge >= 0.3 is 5.97 Å². The van der Waals surface area contributed by atoms with Gasteiger partial charge in [0.25, 0.3) is 0 Å². The molecule has 0 amide bonds. The van der Waals surface area contributed by atoms with Crippen molar-refractivity contribution in [3.8, 4) is 11.3 Å². The number of nitrogens with zero attached hydrogens (tertiary/aromatic N) is 4. The number of aromatic nitrogens is 4. The topological polar surface area (TPSA) is 123 Å². The highest BCUT2D eigenvalue weighted by molar-refractivity contribution is 6.29. The van der Waals surface area contributed by atoms with Gasteiger partial charge in [0.2, 0.25) is 0 Å². The lowest BCUT2D eigenvalue weighted by Gasteiger charge is -2.19. The van der Waals surface area contributed by atoms with E-state index in [0.717, 1.165) is 10.9 Å². The fraction of sp³-hybridized carbons (Fsp3) is 0.192. The number of benzene rings is 1. The van der Waals surface area contributed by atoms with Gasteiger partial charge in [0, 0.05) is 41.5 Å². The van der Waals surface area contributed by atoms with Gasteiger partial charge in [0.05, 0.1) is 17.1 Å². The van der Waals surface area contributed by atoms with E-state index in [0.29, 0.717) is 44.8 Å². The minimum absolute atomic E-state index is 0.0805. The van der Waals surface area contributed by atoms with Gasteiger partial charge in [-0.05, 0) is 50.6 Å². The first kappa shape index (κ1) is 23.5. The molecule has 36 heavy (non-hydrogen) atoms. The Morgan fingerprint density at radius 1 is 1.22 bits per heavy atom. The second-order valence-electron chi connectivity index (χ2n) is 8.76. The molecule has 0 bridgehead atoms. The van der Waals surface area contributed by atoms with Gasteiger partial charge in [-0.1, -0.05) is 17.7 Å². The summed E-state index contributed by atoms with van der Waals surface area (Å²) in [6.45, 7) is 5.48. The van der Waals surface area contributed by atoms with Crippen LogP contribution in [-0.2, 0) is 7.05 Å². The van der Waals surface area contributed by atoms with Crippen LogP contribution in [0.3, 0.4) is 0 Å². The zero-order valence-corrected chi connectivity index (χ0v) is 20.7. The normalized spacial score (nSPS) is 12.2. The Hall–Kier alpha value is -4.24. The highest BCUT2D eigenvalue weighted by atomic mass is 35.5. The molecule has 1 unspecified atom stereocenters. The number of carbonyl (C=O) groups is 1. The summed E-state index contributed by atoms with van der Waals surface area (Å²) in [6, 6.07) is 8.25. The van der Waals surface area contributed by atoms with Gasteiger partial charge in [-0.15, -0.1) is 0 Å². The number of hydrogen-bond donors (Lipinski definition) is 2. The van der Waals surface area contributed by atoms with E-state index >= 15 is 0 Å².